The third-order valence-corrected chi connectivity index (χ3v) is 7.57. The maximum Gasteiger partial charge on any atom is 0.330 e. The van der Waals surface area contributed by atoms with Gasteiger partial charge in [0.1, 0.15) is 23.5 Å². The van der Waals surface area contributed by atoms with Crippen LogP contribution in [-0.2, 0) is 29.4 Å². The van der Waals surface area contributed by atoms with Gasteiger partial charge in [0.2, 0.25) is 0 Å². The summed E-state index contributed by atoms with van der Waals surface area (Å²) in [6.07, 6.45) is 5.22. The third-order valence-electron chi connectivity index (χ3n) is 6.99. The van der Waals surface area contributed by atoms with Crippen LogP contribution >= 0.6 is 0 Å². The molecule has 0 aliphatic carbocycles. The fourth-order valence-corrected chi connectivity index (χ4v) is 5.87. The highest BCUT2D eigenvalue weighted by Gasteiger charge is 2.55. The van der Waals surface area contributed by atoms with Crippen molar-refractivity contribution in [3.63, 3.8) is 0 Å². The number of aromatic nitrogens is 2. The van der Waals surface area contributed by atoms with E-state index in [9.17, 15) is 18.0 Å². The average Bonchev–Trinajstić information content (AvgIpc) is 3.27. The summed E-state index contributed by atoms with van der Waals surface area (Å²) >= 11 is 0. The molecule has 5 rings (SSSR count). The quantitative estimate of drug-likeness (QED) is 0.195. The number of H-pyrrole nitrogens is 1. The van der Waals surface area contributed by atoms with Crippen LogP contribution in [0.2, 0.25) is 0 Å². The maximum absolute atomic E-state index is 12.8. The van der Waals surface area contributed by atoms with Crippen LogP contribution in [-0.4, -0.2) is 36.1 Å². The molecule has 0 saturated carbocycles. The fourth-order valence-electron chi connectivity index (χ4n) is 5.19. The predicted octanol–water partition coefficient (Wildman–Crippen LogP) is 3.51. The minimum absolute atomic E-state index is 0.0875. The molecule has 4 aromatic rings. The van der Waals surface area contributed by atoms with Gasteiger partial charge in [0.25, 0.3) is 15.7 Å². The highest BCUT2D eigenvalue weighted by Crippen LogP contribution is 2.49. The van der Waals surface area contributed by atoms with Gasteiger partial charge >= 0.3 is 5.69 Å². The zero-order valence-electron chi connectivity index (χ0n) is 22.4. The normalized spacial score (nSPS) is 20.9. The van der Waals surface area contributed by atoms with E-state index in [1.54, 1.807) is 6.92 Å². The van der Waals surface area contributed by atoms with Crippen LogP contribution in [0.3, 0.4) is 0 Å². The number of hydrogen-bond acceptors (Lipinski definition) is 7. The smallest absolute Gasteiger partial charge is 0.327 e. The number of rotatable bonds is 8. The predicted molar refractivity (Wildman–Crippen MR) is 152 cm³/mol. The molecule has 10 heteroatoms. The fraction of sp³-hybridized carbons (Fsp3) is 0.226. The Balaban J connectivity index is 1.72. The van der Waals surface area contributed by atoms with E-state index in [2.05, 4.69) is 10.9 Å². The monoisotopic (exact) mass is 572 g/mol. The number of hydrogen-bond donors (Lipinski definition) is 1. The molecule has 2 heterocycles. The Kier molecular flexibility index (Phi) is 7.55. The van der Waals surface area contributed by atoms with Crippen molar-refractivity contribution < 1.29 is 22.1 Å². The van der Waals surface area contributed by atoms with Crippen molar-refractivity contribution in [1.82, 2.24) is 9.55 Å². The number of terminal acetylenes is 1. The van der Waals surface area contributed by atoms with Gasteiger partial charge < -0.3 is 9.47 Å². The zero-order valence-corrected chi connectivity index (χ0v) is 23.2. The minimum atomic E-state index is -4.00. The molecular weight excluding hydrogens is 544 g/mol. The Morgan fingerprint density at radius 3 is 1.88 bits per heavy atom. The van der Waals surface area contributed by atoms with Gasteiger partial charge in [0, 0.05) is 12.6 Å². The summed E-state index contributed by atoms with van der Waals surface area (Å²) in [5.74, 6) is 0.507. The second kappa shape index (κ2) is 11.0. The van der Waals surface area contributed by atoms with Crippen molar-refractivity contribution >= 4 is 10.1 Å². The largest absolute Gasteiger partial charge is 0.330 e. The van der Waals surface area contributed by atoms with Gasteiger partial charge in [-0.05, 0) is 23.6 Å². The highest BCUT2D eigenvalue weighted by atomic mass is 32.2. The molecule has 0 bridgehead atoms. The van der Waals surface area contributed by atoms with E-state index >= 15 is 0 Å². The summed E-state index contributed by atoms with van der Waals surface area (Å²) in [5, 5.41) is 0. The molecule has 3 atom stereocenters. The van der Waals surface area contributed by atoms with E-state index < -0.39 is 45.1 Å². The molecule has 1 aliphatic heterocycles. The van der Waals surface area contributed by atoms with Crippen molar-refractivity contribution in [3.05, 3.63) is 140 Å². The molecule has 1 fully saturated rings. The van der Waals surface area contributed by atoms with E-state index in [-0.39, 0.29) is 12.0 Å². The van der Waals surface area contributed by atoms with Crippen LogP contribution in [0.1, 0.15) is 41.8 Å². The van der Waals surface area contributed by atoms with Crippen molar-refractivity contribution in [1.29, 1.82) is 0 Å². The van der Waals surface area contributed by atoms with Crippen molar-refractivity contribution in [2.45, 2.75) is 37.1 Å². The summed E-state index contributed by atoms with van der Waals surface area (Å²) < 4.78 is 44.9. The molecule has 1 aliphatic rings. The topological polar surface area (TPSA) is 117 Å². The molecule has 3 aromatic carbocycles. The van der Waals surface area contributed by atoms with Gasteiger partial charge in [-0.15, -0.1) is 6.42 Å². The van der Waals surface area contributed by atoms with Crippen LogP contribution < -0.4 is 11.2 Å². The summed E-state index contributed by atoms with van der Waals surface area (Å²) in [7, 11) is -4.00. The molecule has 0 spiro atoms. The number of nitrogens with zero attached hydrogens (tertiary/aromatic N) is 1. The lowest BCUT2D eigenvalue weighted by atomic mass is 9.79. The number of nitrogens with one attached hydrogen (secondary N) is 1. The van der Waals surface area contributed by atoms with E-state index in [0.29, 0.717) is 0 Å². The molecule has 0 amide bonds. The summed E-state index contributed by atoms with van der Waals surface area (Å²) in [6.45, 7) is 1.57. The van der Waals surface area contributed by atoms with Crippen LogP contribution in [0.25, 0.3) is 0 Å². The standard InChI is InChI=1S/C31H28N2O7S/c1-4-22-21-33(29(35)32-28(22)34)27-20-26(39-41(3,36)37)30(2,38-27)40-31(23-14-8-5-9-15-23,24-16-10-6-11-17-24)25-18-12-7-13-19-25/h1,5-19,21,26-27H,20H2,2-3H3,(H,32,34,35). The molecule has 0 radical (unpaired) electrons. The Morgan fingerprint density at radius 1 is 0.951 bits per heavy atom. The number of benzene rings is 3. The van der Waals surface area contributed by atoms with E-state index in [4.69, 9.17) is 20.1 Å². The van der Waals surface area contributed by atoms with Gasteiger partial charge in [-0.25, -0.2) is 4.79 Å². The average molecular weight is 573 g/mol. The van der Waals surface area contributed by atoms with Crippen LogP contribution in [0.4, 0.5) is 0 Å². The van der Waals surface area contributed by atoms with Gasteiger partial charge in [-0.2, -0.15) is 8.42 Å². The molecule has 1 aromatic heterocycles. The lowest BCUT2D eigenvalue weighted by molar-refractivity contribution is -0.285. The summed E-state index contributed by atoms with van der Waals surface area (Å²) in [5.41, 5.74) is -0.631. The second-order valence-electron chi connectivity index (χ2n) is 9.85. The first-order chi connectivity index (χ1) is 19.6. The first kappa shape index (κ1) is 28.3. The molecule has 1 N–H and O–H groups in total. The number of ether oxygens (including phenoxy) is 2. The summed E-state index contributed by atoms with van der Waals surface area (Å²) in [6, 6.07) is 28.4. The first-order valence-electron chi connectivity index (χ1n) is 12.8. The zero-order chi connectivity index (χ0) is 29.3. The second-order valence-corrected chi connectivity index (χ2v) is 11.4. The van der Waals surface area contributed by atoms with Crippen LogP contribution in [0.5, 0.6) is 0 Å². The van der Waals surface area contributed by atoms with Crippen LogP contribution in [0, 0.1) is 12.3 Å². The van der Waals surface area contributed by atoms with Gasteiger partial charge in [0.05, 0.1) is 6.26 Å². The first-order valence-corrected chi connectivity index (χ1v) is 14.6. The lowest BCUT2D eigenvalue weighted by Gasteiger charge is -2.43. The maximum atomic E-state index is 12.8. The minimum Gasteiger partial charge on any atom is -0.327 e. The molecule has 3 unspecified atom stereocenters. The highest BCUT2D eigenvalue weighted by molar-refractivity contribution is 7.86. The van der Waals surface area contributed by atoms with Crippen molar-refractivity contribution in [2.24, 2.45) is 0 Å². The Morgan fingerprint density at radius 2 is 1.44 bits per heavy atom. The molecular formula is C31H28N2O7S. The van der Waals surface area contributed by atoms with E-state index in [1.807, 2.05) is 91.0 Å². The lowest BCUT2D eigenvalue weighted by Crippen LogP contribution is -2.49. The van der Waals surface area contributed by atoms with E-state index in [1.165, 1.54) is 6.20 Å². The Labute approximate surface area is 237 Å². The Hall–Kier alpha value is -4.27. The van der Waals surface area contributed by atoms with Crippen molar-refractivity contribution in [2.75, 3.05) is 6.26 Å². The van der Waals surface area contributed by atoms with Gasteiger partial charge in [0.15, 0.2) is 5.79 Å². The molecule has 1 saturated heterocycles. The third kappa shape index (κ3) is 5.53. The van der Waals surface area contributed by atoms with E-state index in [0.717, 1.165) is 27.5 Å². The van der Waals surface area contributed by atoms with Gasteiger partial charge in [-0.1, -0.05) is 96.9 Å². The summed E-state index contributed by atoms with van der Waals surface area (Å²) in [4.78, 5) is 27.1. The Bertz CT molecular complexity index is 1700. The SMILES string of the molecule is C#Cc1cn(C2CC(OS(C)(=O)=O)C(C)(OC(c3ccccc3)(c3ccccc3)c3ccccc3)O2)c(=O)[nH]c1=O. The van der Waals surface area contributed by atoms with Crippen LogP contribution in [0.15, 0.2) is 107 Å². The molecule has 9 nitrogen and oxygen atoms in total. The van der Waals surface area contributed by atoms with Gasteiger partial charge in [-0.3, -0.25) is 18.5 Å². The van der Waals surface area contributed by atoms with Crippen molar-refractivity contribution in [3.8, 4) is 12.3 Å². The molecule has 41 heavy (non-hydrogen) atoms. The number of aromatic amines is 1. The molecule has 210 valence electrons.